The molecular weight excluding hydrogens is 174 g/mol. The van der Waals surface area contributed by atoms with Gasteiger partial charge in [0, 0.05) is 16.6 Å². The van der Waals surface area contributed by atoms with E-state index in [1.165, 1.54) is 41.4 Å². The molecule has 0 amide bonds. The molecule has 2 nitrogen and oxygen atoms in total. The van der Waals surface area contributed by atoms with Crippen LogP contribution >= 0.6 is 0 Å². The number of hydrogen-bond acceptors (Lipinski definition) is 1. The highest BCUT2D eigenvalue weighted by Gasteiger charge is 2.16. The molecule has 2 aromatic rings. The molecule has 0 atom stereocenters. The molecule has 3 rings (SSSR count). The Hall–Kier alpha value is -1.44. The molecule has 1 aromatic carbocycles. The molecule has 0 saturated heterocycles. The lowest BCUT2D eigenvalue weighted by Crippen LogP contribution is -1.82. The first-order valence-corrected chi connectivity index (χ1v) is 5.06. The van der Waals surface area contributed by atoms with Gasteiger partial charge in [0.05, 0.1) is 7.11 Å². The van der Waals surface area contributed by atoms with Gasteiger partial charge in [-0.25, -0.2) is 0 Å². The highest BCUT2D eigenvalue weighted by Crippen LogP contribution is 2.31. The van der Waals surface area contributed by atoms with Crippen molar-refractivity contribution in [2.75, 3.05) is 7.11 Å². The number of aryl methyl sites for hydroxylation is 2. The van der Waals surface area contributed by atoms with Gasteiger partial charge in [-0.3, -0.25) is 0 Å². The van der Waals surface area contributed by atoms with Gasteiger partial charge in [-0.2, -0.15) is 0 Å². The van der Waals surface area contributed by atoms with E-state index in [0.717, 1.165) is 5.75 Å². The Morgan fingerprint density at radius 2 is 2.21 bits per heavy atom. The van der Waals surface area contributed by atoms with E-state index in [9.17, 15) is 0 Å². The van der Waals surface area contributed by atoms with Crippen LogP contribution in [0.25, 0.3) is 10.9 Å². The Balaban J connectivity index is 2.29. The largest absolute Gasteiger partial charge is 0.497 e. The van der Waals surface area contributed by atoms with Crippen LogP contribution in [0.2, 0.25) is 0 Å². The van der Waals surface area contributed by atoms with E-state index in [1.54, 1.807) is 7.11 Å². The molecule has 0 bridgehead atoms. The summed E-state index contributed by atoms with van der Waals surface area (Å²) in [5, 5.41) is 1.34. The van der Waals surface area contributed by atoms with Crippen LogP contribution in [0.5, 0.6) is 5.75 Å². The molecule has 0 aliphatic heterocycles. The van der Waals surface area contributed by atoms with Crippen molar-refractivity contribution in [1.82, 2.24) is 4.98 Å². The zero-order valence-corrected chi connectivity index (χ0v) is 8.26. The fraction of sp³-hybridized carbons (Fsp3) is 0.333. The smallest absolute Gasteiger partial charge is 0.119 e. The molecule has 0 saturated carbocycles. The predicted octanol–water partition coefficient (Wildman–Crippen LogP) is 2.67. The van der Waals surface area contributed by atoms with Gasteiger partial charge in [0.25, 0.3) is 0 Å². The van der Waals surface area contributed by atoms with Gasteiger partial charge in [-0.05, 0) is 43.0 Å². The van der Waals surface area contributed by atoms with Crippen LogP contribution < -0.4 is 4.74 Å². The Labute approximate surface area is 82.9 Å². The fourth-order valence-electron chi connectivity index (χ4n) is 2.35. The summed E-state index contributed by atoms with van der Waals surface area (Å²) in [6.07, 6.45) is 3.70. The minimum atomic E-state index is 0.950. The molecule has 1 aliphatic rings. The minimum Gasteiger partial charge on any atom is -0.497 e. The molecule has 1 aliphatic carbocycles. The quantitative estimate of drug-likeness (QED) is 0.729. The lowest BCUT2D eigenvalue weighted by molar-refractivity contribution is 0.415. The number of benzene rings is 1. The molecule has 1 heterocycles. The number of H-pyrrole nitrogens is 1. The fourth-order valence-corrected chi connectivity index (χ4v) is 2.35. The number of aromatic amines is 1. The van der Waals surface area contributed by atoms with Gasteiger partial charge in [-0.1, -0.05) is 0 Å². The van der Waals surface area contributed by atoms with Crippen molar-refractivity contribution in [1.29, 1.82) is 0 Å². The van der Waals surface area contributed by atoms with Crippen molar-refractivity contribution in [3.63, 3.8) is 0 Å². The standard InChI is InChI=1S/C12H13NO/c1-14-8-5-6-12-10(7-8)9-3-2-4-11(9)13-12/h5-7,13H,2-4H2,1H3. The summed E-state index contributed by atoms with van der Waals surface area (Å²) >= 11 is 0. The molecule has 0 radical (unpaired) electrons. The van der Waals surface area contributed by atoms with Crippen LogP contribution in [0, 0.1) is 0 Å². The van der Waals surface area contributed by atoms with E-state index in [1.807, 2.05) is 6.07 Å². The molecule has 72 valence electrons. The Kier molecular flexibility index (Phi) is 1.57. The normalized spacial score (nSPS) is 14.6. The van der Waals surface area contributed by atoms with Crippen LogP contribution in [0.4, 0.5) is 0 Å². The second-order valence-electron chi connectivity index (χ2n) is 3.85. The molecule has 1 N–H and O–H groups in total. The predicted molar refractivity (Wildman–Crippen MR) is 56.9 cm³/mol. The van der Waals surface area contributed by atoms with Crippen LogP contribution in [0.1, 0.15) is 17.7 Å². The molecule has 0 spiro atoms. The topological polar surface area (TPSA) is 25.0 Å². The highest BCUT2D eigenvalue weighted by molar-refractivity contribution is 5.86. The minimum absolute atomic E-state index is 0.950. The summed E-state index contributed by atoms with van der Waals surface area (Å²) in [5.41, 5.74) is 4.17. The van der Waals surface area contributed by atoms with Gasteiger partial charge < -0.3 is 9.72 Å². The monoisotopic (exact) mass is 187 g/mol. The zero-order chi connectivity index (χ0) is 9.54. The van der Waals surface area contributed by atoms with E-state index in [-0.39, 0.29) is 0 Å². The zero-order valence-electron chi connectivity index (χ0n) is 8.26. The summed E-state index contributed by atoms with van der Waals surface area (Å²) in [7, 11) is 1.72. The molecular formula is C12H13NO. The van der Waals surface area contributed by atoms with Gasteiger partial charge in [0.15, 0.2) is 0 Å². The number of hydrogen-bond donors (Lipinski definition) is 1. The average molecular weight is 187 g/mol. The van der Waals surface area contributed by atoms with Crippen molar-refractivity contribution in [3.8, 4) is 5.75 Å². The summed E-state index contributed by atoms with van der Waals surface area (Å²) < 4.78 is 5.24. The first-order valence-electron chi connectivity index (χ1n) is 5.06. The number of methoxy groups -OCH3 is 1. The van der Waals surface area contributed by atoms with Crippen molar-refractivity contribution in [3.05, 3.63) is 29.5 Å². The number of fused-ring (bicyclic) bond motifs is 3. The first-order chi connectivity index (χ1) is 6.88. The molecule has 0 fully saturated rings. The van der Waals surface area contributed by atoms with E-state index < -0.39 is 0 Å². The molecule has 0 unspecified atom stereocenters. The third kappa shape index (κ3) is 0.969. The second kappa shape index (κ2) is 2.77. The summed E-state index contributed by atoms with van der Waals surface area (Å²) in [5.74, 6) is 0.950. The number of nitrogens with one attached hydrogen (secondary N) is 1. The second-order valence-corrected chi connectivity index (χ2v) is 3.85. The third-order valence-corrected chi connectivity index (χ3v) is 3.06. The van der Waals surface area contributed by atoms with E-state index in [4.69, 9.17) is 4.74 Å². The SMILES string of the molecule is COc1ccc2[nH]c3c(c2c1)CCC3. The van der Waals surface area contributed by atoms with Gasteiger partial charge in [-0.15, -0.1) is 0 Å². The number of rotatable bonds is 1. The number of ether oxygens (including phenoxy) is 1. The average Bonchev–Trinajstić information content (AvgIpc) is 2.76. The lowest BCUT2D eigenvalue weighted by Gasteiger charge is -1.99. The summed E-state index contributed by atoms with van der Waals surface area (Å²) in [6, 6.07) is 6.25. The van der Waals surface area contributed by atoms with Gasteiger partial charge >= 0.3 is 0 Å². The Morgan fingerprint density at radius 3 is 3.07 bits per heavy atom. The van der Waals surface area contributed by atoms with Crippen molar-refractivity contribution >= 4 is 10.9 Å². The summed E-state index contributed by atoms with van der Waals surface area (Å²) in [4.78, 5) is 3.47. The Bertz CT molecular complexity index is 484. The first kappa shape index (κ1) is 7.92. The van der Waals surface area contributed by atoms with Crippen molar-refractivity contribution < 1.29 is 4.74 Å². The van der Waals surface area contributed by atoms with E-state index in [0.29, 0.717) is 0 Å². The molecule has 2 heteroatoms. The van der Waals surface area contributed by atoms with Gasteiger partial charge in [0.2, 0.25) is 0 Å². The van der Waals surface area contributed by atoms with Crippen molar-refractivity contribution in [2.45, 2.75) is 19.3 Å². The van der Waals surface area contributed by atoms with Crippen LogP contribution in [0.15, 0.2) is 18.2 Å². The number of aromatic nitrogens is 1. The van der Waals surface area contributed by atoms with Crippen LogP contribution in [-0.4, -0.2) is 12.1 Å². The van der Waals surface area contributed by atoms with E-state index >= 15 is 0 Å². The maximum Gasteiger partial charge on any atom is 0.119 e. The van der Waals surface area contributed by atoms with Crippen LogP contribution in [0.3, 0.4) is 0 Å². The Morgan fingerprint density at radius 1 is 1.29 bits per heavy atom. The lowest BCUT2D eigenvalue weighted by atomic mass is 10.1. The maximum absolute atomic E-state index is 5.24. The maximum atomic E-state index is 5.24. The molecule has 14 heavy (non-hydrogen) atoms. The third-order valence-electron chi connectivity index (χ3n) is 3.06. The summed E-state index contributed by atoms with van der Waals surface area (Å²) in [6.45, 7) is 0. The van der Waals surface area contributed by atoms with E-state index in [2.05, 4.69) is 17.1 Å². The highest BCUT2D eigenvalue weighted by atomic mass is 16.5. The molecule has 1 aromatic heterocycles. The van der Waals surface area contributed by atoms with Gasteiger partial charge in [0.1, 0.15) is 5.75 Å². The van der Waals surface area contributed by atoms with Crippen molar-refractivity contribution in [2.24, 2.45) is 0 Å². The van der Waals surface area contributed by atoms with Crippen LogP contribution in [-0.2, 0) is 12.8 Å².